The molecule has 0 fully saturated rings. The summed E-state index contributed by atoms with van der Waals surface area (Å²) in [6, 6.07) is 13.3. The molecule has 0 spiro atoms. The number of hydrogen-bond donors (Lipinski definition) is 1. The Morgan fingerprint density at radius 1 is 0.839 bits per heavy atom. The molecule has 0 unspecified atom stereocenters. The fourth-order valence-electron chi connectivity index (χ4n) is 2.63. The lowest BCUT2D eigenvalue weighted by molar-refractivity contribution is -0.150. The lowest BCUT2D eigenvalue weighted by Crippen LogP contribution is -2.34. The molecule has 0 bridgehead atoms. The number of carbonyl (C=O) groups excluding carboxylic acids is 4. The van der Waals surface area contributed by atoms with E-state index in [1.54, 1.807) is 43.3 Å². The molecule has 7 heteroatoms. The van der Waals surface area contributed by atoms with Gasteiger partial charge in [-0.25, -0.2) is 4.79 Å². The fraction of sp³-hybridized carbons (Fsp3) is 0.333. The standard InChI is InChI=1S/C24H27NO6/c1-5-20(26)16-8-12-19(13-9-16)30-15-22(28)31-14-21(27)25-23(29)17-6-10-18(11-7-17)24(2,3)4/h6-13H,5,14-15H2,1-4H3,(H,25,27,29). The Hall–Kier alpha value is -3.48. The number of nitrogens with one attached hydrogen (secondary N) is 1. The molecule has 0 saturated carbocycles. The number of Topliss-reactive ketones (excluding diaryl/α,β-unsaturated/α-hetero) is 1. The summed E-state index contributed by atoms with van der Waals surface area (Å²) in [7, 11) is 0. The van der Waals surface area contributed by atoms with Gasteiger partial charge in [0.2, 0.25) is 0 Å². The van der Waals surface area contributed by atoms with Crippen molar-refractivity contribution in [1.29, 1.82) is 0 Å². The van der Waals surface area contributed by atoms with Crippen LogP contribution in [0.5, 0.6) is 5.75 Å². The van der Waals surface area contributed by atoms with Gasteiger partial charge in [-0.1, -0.05) is 39.8 Å². The maximum Gasteiger partial charge on any atom is 0.344 e. The Bertz CT molecular complexity index is 940. The van der Waals surface area contributed by atoms with Gasteiger partial charge in [0.05, 0.1) is 0 Å². The molecule has 1 N–H and O–H groups in total. The van der Waals surface area contributed by atoms with Gasteiger partial charge in [0.15, 0.2) is 19.0 Å². The predicted octanol–water partition coefficient (Wildman–Crippen LogP) is 3.46. The van der Waals surface area contributed by atoms with Crippen molar-refractivity contribution in [2.75, 3.05) is 13.2 Å². The first-order valence-corrected chi connectivity index (χ1v) is 9.96. The van der Waals surface area contributed by atoms with Crippen molar-refractivity contribution in [2.24, 2.45) is 0 Å². The van der Waals surface area contributed by atoms with E-state index in [0.29, 0.717) is 23.3 Å². The molecule has 0 heterocycles. The molecule has 0 aliphatic heterocycles. The zero-order chi connectivity index (χ0) is 23.0. The van der Waals surface area contributed by atoms with E-state index < -0.39 is 31.0 Å². The maximum atomic E-state index is 12.1. The summed E-state index contributed by atoms with van der Waals surface area (Å²) in [5.74, 6) is -1.66. The maximum absolute atomic E-state index is 12.1. The molecule has 2 rings (SSSR count). The largest absolute Gasteiger partial charge is 0.482 e. The van der Waals surface area contributed by atoms with Crippen LogP contribution in [0.4, 0.5) is 0 Å². The number of imide groups is 1. The topological polar surface area (TPSA) is 98.8 Å². The minimum atomic E-state index is -0.758. The Kier molecular flexibility index (Phi) is 8.07. The van der Waals surface area contributed by atoms with Gasteiger partial charge in [0.25, 0.3) is 11.8 Å². The van der Waals surface area contributed by atoms with Crippen LogP contribution in [0.3, 0.4) is 0 Å². The van der Waals surface area contributed by atoms with Crippen LogP contribution in [0.15, 0.2) is 48.5 Å². The zero-order valence-corrected chi connectivity index (χ0v) is 18.2. The third-order valence-electron chi connectivity index (χ3n) is 4.48. The molecule has 7 nitrogen and oxygen atoms in total. The SMILES string of the molecule is CCC(=O)c1ccc(OCC(=O)OCC(=O)NC(=O)c2ccc(C(C)(C)C)cc2)cc1. The lowest BCUT2D eigenvalue weighted by atomic mass is 9.87. The first-order valence-electron chi connectivity index (χ1n) is 9.96. The van der Waals surface area contributed by atoms with E-state index in [2.05, 4.69) is 26.1 Å². The average molecular weight is 425 g/mol. The van der Waals surface area contributed by atoms with Crippen LogP contribution < -0.4 is 10.1 Å². The first kappa shape index (κ1) is 23.8. The molecular weight excluding hydrogens is 398 g/mol. The monoisotopic (exact) mass is 425 g/mol. The number of ketones is 1. The average Bonchev–Trinajstić information content (AvgIpc) is 2.75. The normalized spacial score (nSPS) is 10.8. The van der Waals surface area contributed by atoms with Crippen LogP contribution in [0.1, 0.15) is 60.4 Å². The van der Waals surface area contributed by atoms with E-state index >= 15 is 0 Å². The highest BCUT2D eigenvalue weighted by Crippen LogP contribution is 2.22. The van der Waals surface area contributed by atoms with Crippen molar-refractivity contribution in [3.8, 4) is 5.75 Å². The molecule has 164 valence electrons. The minimum absolute atomic E-state index is 0.0108. The van der Waals surface area contributed by atoms with Gasteiger partial charge in [-0.05, 0) is 47.4 Å². The molecule has 2 amide bonds. The molecule has 2 aromatic rings. The number of esters is 1. The van der Waals surface area contributed by atoms with E-state index in [9.17, 15) is 19.2 Å². The van der Waals surface area contributed by atoms with Gasteiger partial charge in [0.1, 0.15) is 5.75 Å². The second-order valence-corrected chi connectivity index (χ2v) is 7.96. The molecule has 31 heavy (non-hydrogen) atoms. The number of amides is 2. The van der Waals surface area contributed by atoms with Crippen molar-refractivity contribution in [3.05, 3.63) is 65.2 Å². The molecular formula is C24H27NO6. The van der Waals surface area contributed by atoms with Crippen LogP contribution in [0, 0.1) is 0 Å². The van der Waals surface area contributed by atoms with Gasteiger partial charge in [-0.3, -0.25) is 19.7 Å². The van der Waals surface area contributed by atoms with Crippen LogP contribution >= 0.6 is 0 Å². The van der Waals surface area contributed by atoms with Crippen molar-refractivity contribution in [3.63, 3.8) is 0 Å². The highest BCUT2D eigenvalue weighted by Gasteiger charge is 2.16. The lowest BCUT2D eigenvalue weighted by Gasteiger charge is -2.19. The third kappa shape index (κ3) is 7.37. The Morgan fingerprint density at radius 3 is 1.97 bits per heavy atom. The molecule has 0 atom stereocenters. The smallest absolute Gasteiger partial charge is 0.344 e. The molecule has 0 aromatic heterocycles. The second kappa shape index (κ2) is 10.5. The van der Waals surface area contributed by atoms with Gasteiger partial charge >= 0.3 is 5.97 Å². The minimum Gasteiger partial charge on any atom is -0.482 e. The van der Waals surface area contributed by atoms with Gasteiger partial charge < -0.3 is 9.47 Å². The van der Waals surface area contributed by atoms with E-state index in [-0.39, 0.29) is 11.2 Å². The van der Waals surface area contributed by atoms with E-state index in [1.165, 1.54) is 0 Å². The zero-order valence-electron chi connectivity index (χ0n) is 18.2. The molecule has 2 aromatic carbocycles. The van der Waals surface area contributed by atoms with Crippen molar-refractivity contribution in [2.45, 2.75) is 39.5 Å². The number of carbonyl (C=O) groups is 4. The van der Waals surface area contributed by atoms with Crippen molar-refractivity contribution < 1.29 is 28.7 Å². The van der Waals surface area contributed by atoms with Crippen molar-refractivity contribution >= 4 is 23.6 Å². The highest BCUT2D eigenvalue weighted by molar-refractivity contribution is 6.05. The van der Waals surface area contributed by atoms with Crippen LogP contribution in [-0.4, -0.2) is 36.8 Å². The summed E-state index contributed by atoms with van der Waals surface area (Å²) in [6.45, 7) is 6.95. The Balaban J connectivity index is 1.75. The second-order valence-electron chi connectivity index (χ2n) is 7.96. The number of benzene rings is 2. The van der Waals surface area contributed by atoms with Gasteiger partial charge in [0, 0.05) is 17.5 Å². The van der Waals surface area contributed by atoms with E-state index in [0.717, 1.165) is 5.56 Å². The van der Waals surface area contributed by atoms with Gasteiger partial charge in [-0.2, -0.15) is 0 Å². The number of ether oxygens (including phenoxy) is 2. The Labute approximate surface area is 181 Å². The van der Waals surface area contributed by atoms with Crippen LogP contribution in [0.2, 0.25) is 0 Å². The summed E-state index contributed by atoms with van der Waals surface area (Å²) in [5.41, 5.74) is 1.92. The van der Waals surface area contributed by atoms with Crippen LogP contribution in [0.25, 0.3) is 0 Å². The summed E-state index contributed by atoms with van der Waals surface area (Å²) >= 11 is 0. The van der Waals surface area contributed by atoms with Crippen molar-refractivity contribution in [1.82, 2.24) is 5.32 Å². The highest BCUT2D eigenvalue weighted by atomic mass is 16.6. The molecule has 0 saturated heterocycles. The van der Waals surface area contributed by atoms with Gasteiger partial charge in [-0.15, -0.1) is 0 Å². The number of rotatable bonds is 8. The summed E-state index contributed by atoms with van der Waals surface area (Å²) in [6.07, 6.45) is 0.402. The first-order chi connectivity index (χ1) is 14.6. The summed E-state index contributed by atoms with van der Waals surface area (Å²) in [4.78, 5) is 47.4. The molecule has 0 aliphatic rings. The molecule has 0 radical (unpaired) electrons. The van der Waals surface area contributed by atoms with E-state index in [4.69, 9.17) is 9.47 Å². The summed E-state index contributed by atoms with van der Waals surface area (Å²) < 4.78 is 10.1. The van der Waals surface area contributed by atoms with E-state index in [1.807, 2.05) is 12.1 Å². The van der Waals surface area contributed by atoms with Crippen LogP contribution in [-0.2, 0) is 19.7 Å². The number of hydrogen-bond acceptors (Lipinski definition) is 6. The Morgan fingerprint density at radius 2 is 1.42 bits per heavy atom. The predicted molar refractivity (Wildman–Crippen MR) is 115 cm³/mol. The molecule has 0 aliphatic carbocycles. The third-order valence-corrected chi connectivity index (χ3v) is 4.48. The summed E-state index contributed by atoms with van der Waals surface area (Å²) in [5, 5.41) is 2.18. The quantitative estimate of drug-likeness (QED) is 0.514. The fourth-order valence-corrected chi connectivity index (χ4v) is 2.63.